The molecule has 154 valence electrons. The number of nitrogens with one attached hydrogen (secondary N) is 2. The van der Waals surface area contributed by atoms with E-state index < -0.39 is 12.0 Å². The number of aromatic nitrogens is 2. The molecule has 0 aliphatic carbocycles. The lowest BCUT2D eigenvalue weighted by Gasteiger charge is -2.16. The van der Waals surface area contributed by atoms with Gasteiger partial charge in [0, 0.05) is 28.9 Å². The van der Waals surface area contributed by atoms with Crippen LogP contribution in [0.1, 0.15) is 11.3 Å². The van der Waals surface area contributed by atoms with E-state index in [0.717, 1.165) is 26.4 Å². The number of rotatable bonds is 7. The number of fused-ring (bicyclic) bond motifs is 1. The number of aromatic amines is 1. The highest BCUT2D eigenvalue weighted by Gasteiger charge is 2.24. The minimum atomic E-state index is -0.782. The van der Waals surface area contributed by atoms with Gasteiger partial charge in [-0.05, 0) is 23.8 Å². The number of nitrogens with zero attached hydrogens (tertiary/aromatic N) is 1. The van der Waals surface area contributed by atoms with Gasteiger partial charge in [0.1, 0.15) is 11.0 Å². The fraction of sp³-hybridized carbons (Fsp3) is 0.190. The number of amides is 1. The summed E-state index contributed by atoms with van der Waals surface area (Å²) in [5, 5.41) is 6.46. The Balaban J connectivity index is 1.45. The summed E-state index contributed by atoms with van der Waals surface area (Å²) in [6.45, 7) is 0. The average Bonchev–Trinajstić information content (AvgIpc) is 3.47. The smallest absolute Gasteiger partial charge is 0.328 e. The zero-order valence-electron chi connectivity index (χ0n) is 16.0. The van der Waals surface area contributed by atoms with Gasteiger partial charge >= 0.3 is 5.97 Å². The predicted octanol–water partition coefficient (Wildman–Crippen LogP) is 4.45. The molecule has 0 saturated heterocycles. The molecular formula is C21H18ClN3O3S2. The number of ether oxygens (including phenoxy) is 1. The Hall–Kier alpha value is -2.68. The van der Waals surface area contributed by atoms with E-state index in [4.69, 9.17) is 16.3 Å². The molecule has 3 aromatic heterocycles. The van der Waals surface area contributed by atoms with Crippen molar-refractivity contribution in [3.05, 3.63) is 63.6 Å². The first-order chi connectivity index (χ1) is 14.5. The highest BCUT2D eigenvalue weighted by atomic mass is 35.5. The molecule has 4 aromatic rings. The van der Waals surface area contributed by atoms with E-state index in [2.05, 4.69) is 15.3 Å². The first kappa shape index (κ1) is 20.6. The van der Waals surface area contributed by atoms with Gasteiger partial charge in [0.15, 0.2) is 0 Å². The van der Waals surface area contributed by atoms with Gasteiger partial charge in [0.05, 0.1) is 28.4 Å². The van der Waals surface area contributed by atoms with Gasteiger partial charge < -0.3 is 15.0 Å². The van der Waals surface area contributed by atoms with Gasteiger partial charge in [-0.15, -0.1) is 22.7 Å². The minimum absolute atomic E-state index is 0.0803. The molecule has 0 fully saturated rings. The summed E-state index contributed by atoms with van der Waals surface area (Å²) in [6, 6.07) is 10.8. The Morgan fingerprint density at radius 1 is 1.27 bits per heavy atom. The number of H-pyrrole nitrogens is 1. The summed E-state index contributed by atoms with van der Waals surface area (Å²) in [4.78, 5) is 33.5. The molecule has 4 rings (SSSR count). The molecule has 0 aliphatic rings. The Labute approximate surface area is 185 Å². The summed E-state index contributed by atoms with van der Waals surface area (Å²) < 4.78 is 5.59. The van der Waals surface area contributed by atoms with Crippen LogP contribution < -0.4 is 5.32 Å². The van der Waals surface area contributed by atoms with Gasteiger partial charge in [-0.2, -0.15) is 0 Å². The minimum Gasteiger partial charge on any atom is -0.467 e. The average molecular weight is 460 g/mol. The first-order valence-corrected chi connectivity index (χ1v) is 11.2. The molecule has 30 heavy (non-hydrogen) atoms. The number of benzene rings is 1. The number of hydrogen-bond donors (Lipinski definition) is 2. The molecule has 0 radical (unpaired) electrons. The standard InChI is InChI=1S/C21H18ClN3O3S2/c1-28-21(27)16(8-12-10-23-15-5-3-2-4-14(12)15)25-19(26)9-13-11-29-20(24-13)17-6-7-18(22)30-17/h2-7,10-11,16,23H,8-9H2,1H3,(H,25,26)/t16-/m1/s1. The molecule has 9 heteroatoms. The third kappa shape index (κ3) is 4.56. The van der Waals surface area contributed by atoms with E-state index in [0.29, 0.717) is 16.5 Å². The van der Waals surface area contributed by atoms with Crippen molar-refractivity contribution in [1.82, 2.24) is 15.3 Å². The number of carbonyl (C=O) groups excluding carboxylic acids is 2. The van der Waals surface area contributed by atoms with Crippen molar-refractivity contribution in [3.8, 4) is 9.88 Å². The van der Waals surface area contributed by atoms with Crippen LogP contribution in [0.2, 0.25) is 4.34 Å². The Morgan fingerprint density at radius 2 is 2.10 bits per heavy atom. The second-order valence-electron chi connectivity index (χ2n) is 6.63. The number of halogens is 1. The molecule has 0 saturated carbocycles. The molecule has 1 atom stereocenters. The van der Waals surface area contributed by atoms with Gasteiger partial charge in [-0.1, -0.05) is 29.8 Å². The molecule has 3 heterocycles. The van der Waals surface area contributed by atoms with Crippen molar-refractivity contribution >= 4 is 57.1 Å². The lowest BCUT2D eigenvalue weighted by atomic mass is 10.0. The molecule has 1 aromatic carbocycles. The summed E-state index contributed by atoms with van der Waals surface area (Å²) in [5.41, 5.74) is 2.56. The molecule has 6 nitrogen and oxygen atoms in total. The molecule has 0 aliphatic heterocycles. The highest BCUT2D eigenvalue weighted by Crippen LogP contribution is 2.33. The topological polar surface area (TPSA) is 84.1 Å². The van der Waals surface area contributed by atoms with Crippen LogP contribution in [-0.4, -0.2) is 35.0 Å². The van der Waals surface area contributed by atoms with E-state index in [1.165, 1.54) is 29.8 Å². The van der Waals surface area contributed by atoms with Crippen molar-refractivity contribution < 1.29 is 14.3 Å². The highest BCUT2D eigenvalue weighted by molar-refractivity contribution is 7.23. The molecule has 1 amide bonds. The van der Waals surface area contributed by atoms with Gasteiger partial charge in [-0.3, -0.25) is 4.79 Å². The maximum Gasteiger partial charge on any atom is 0.328 e. The van der Waals surface area contributed by atoms with E-state index in [1.807, 2.05) is 48.0 Å². The normalized spacial score (nSPS) is 12.1. The number of thiophene rings is 1. The van der Waals surface area contributed by atoms with Crippen molar-refractivity contribution in [2.75, 3.05) is 7.11 Å². The maximum atomic E-state index is 12.6. The lowest BCUT2D eigenvalue weighted by Crippen LogP contribution is -2.43. The van der Waals surface area contributed by atoms with E-state index in [1.54, 1.807) is 0 Å². The number of methoxy groups -OCH3 is 1. The molecular weight excluding hydrogens is 442 g/mol. The number of carbonyl (C=O) groups is 2. The summed E-state index contributed by atoms with van der Waals surface area (Å²) in [7, 11) is 1.32. The summed E-state index contributed by atoms with van der Waals surface area (Å²) in [6.07, 6.45) is 2.26. The van der Waals surface area contributed by atoms with Gasteiger partial charge in [0.2, 0.25) is 5.91 Å². The number of hydrogen-bond acceptors (Lipinski definition) is 6. The van der Waals surface area contributed by atoms with Crippen LogP contribution in [0.3, 0.4) is 0 Å². The van der Waals surface area contributed by atoms with Crippen LogP contribution in [-0.2, 0) is 27.2 Å². The predicted molar refractivity (Wildman–Crippen MR) is 120 cm³/mol. The number of para-hydroxylation sites is 1. The van der Waals surface area contributed by atoms with Crippen molar-refractivity contribution in [3.63, 3.8) is 0 Å². The van der Waals surface area contributed by atoms with E-state index >= 15 is 0 Å². The van der Waals surface area contributed by atoms with Crippen molar-refractivity contribution in [2.45, 2.75) is 18.9 Å². The Morgan fingerprint density at radius 3 is 2.87 bits per heavy atom. The van der Waals surface area contributed by atoms with Crippen molar-refractivity contribution in [1.29, 1.82) is 0 Å². The Bertz CT molecular complexity index is 1200. The zero-order valence-corrected chi connectivity index (χ0v) is 18.4. The van der Waals surface area contributed by atoms with Crippen LogP contribution in [0.25, 0.3) is 20.8 Å². The fourth-order valence-corrected chi connectivity index (χ4v) is 5.13. The zero-order chi connectivity index (χ0) is 21.1. The second kappa shape index (κ2) is 8.99. The first-order valence-electron chi connectivity index (χ1n) is 9.16. The molecule has 0 spiro atoms. The molecule has 2 N–H and O–H groups in total. The van der Waals surface area contributed by atoms with E-state index in [9.17, 15) is 9.59 Å². The van der Waals surface area contributed by atoms with Crippen LogP contribution in [0.5, 0.6) is 0 Å². The number of esters is 1. The van der Waals surface area contributed by atoms with Crippen LogP contribution in [0.15, 0.2) is 48.0 Å². The van der Waals surface area contributed by atoms with Gasteiger partial charge in [0.25, 0.3) is 0 Å². The lowest BCUT2D eigenvalue weighted by molar-refractivity contribution is -0.145. The fourth-order valence-electron chi connectivity index (χ4n) is 3.20. The maximum absolute atomic E-state index is 12.6. The summed E-state index contributed by atoms with van der Waals surface area (Å²) in [5.74, 6) is -0.771. The second-order valence-corrected chi connectivity index (χ2v) is 9.20. The van der Waals surface area contributed by atoms with Crippen LogP contribution in [0, 0.1) is 0 Å². The third-order valence-corrected chi connectivity index (χ3v) is 6.89. The number of thiazole rings is 1. The summed E-state index contributed by atoms with van der Waals surface area (Å²) >= 11 is 8.88. The van der Waals surface area contributed by atoms with E-state index in [-0.39, 0.29) is 12.3 Å². The largest absolute Gasteiger partial charge is 0.467 e. The monoisotopic (exact) mass is 459 g/mol. The third-order valence-electron chi connectivity index (χ3n) is 4.60. The van der Waals surface area contributed by atoms with Crippen LogP contribution >= 0.6 is 34.3 Å². The molecule has 0 unspecified atom stereocenters. The Kier molecular flexibility index (Phi) is 6.17. The van der Waals surface area contributed by atoms with Crippen LogP contribution in [0.4, 0.5) is 0 Å². The quantitative estimate of drug-likeness (QED) is 0.400. The van der Waals surface area contributed by atoms with Gasteiger partial charge in [-0.25, -0.2) is 9.78 Å². The SMILES string of the molecule is COC(=O)[C@@H](Cc1c[nH]c2ccccc12)NC(=O)Cc1csc(-c2ccc(Cl)s2)n1. The van der Waals surface area contributed by atoms with Crippen molar-refractivity contribution in [2.24, 2.45) is 0 Å². The molecule has 0 bridgehead atoms.